The van der Waals surface area contributed by atoms with Crippen LogP contribution in [0.25, 0.3) is 33.2 Å². The summed E-state index contributed by atoms with van der Waals surface area (Å²) in [4.78, 5) is 16.7. The number of benzene rings is 3. The Morgan fingerprint density at radius 1 is 0.850 bits per heavy atom. The number of unbranched alkanes of at least 4 members (excludes halogenated alkanes) is 2. The summed E-state index contributed by atoms with van der Waals surface area (Å²) in [5.74, 6) is 0.981. The third-order valence-corrected chi connectivity index (χ3v) is 7.52. The number of rotatable bonds is 12. The van der Waals surface area contributed by atoms with Crippen LogP contribution in [-0.2, 0) is 4.79 Å². The van der Waals surface area contributed by atoms with Gasteiger partial charge in [0.1, 0.15) is 11.3 Å². The fourth-order valence-corrected chi connectivity index (χ4v) is 5.34. The summed E-state index contributed by atoms with van der Waals surface area (Å²) in [6.45, 7) is 10.3. The number of fused-ring (bicyclic) bond motifs is 1. The monoisotopic (exact) mass is 539 g/mol. The molecule has 0 aliphatic carbocycles. The minimum atomic E-state index is 0.129. The van der Waals surface area contributed by atoms with E-state index < -0.39 is 0 Å². The molecule has 5 rings (SSSR count). The molecule has 0 radical (unpaired) electrons. The Hall–Kier alpha value is -3.61. The number of piperazine rings is 1. The van der Waals surface area contributed by atoms with Gasteiger partial charge in [0, 0.05) is 49.2 Å². The minimum Gasteiger partial charge on any atom is -0.493 e. The van der Waals surface area contributed by atoms with Gasteiger partial charge in [-0.3, -0.25) is 9.69 Å². The second-order valence-electron chi connectivity index (χ2n) is 11.0. The average molecular weight is 540 g/mol. The van der Waals surface area contributed by atoms with Gasteiger partial charge in [-0.2, -0.15) is 0 Å². The van der Waals surface area contributed by atoms with E-state index in [0.717, 1.165) is 73.4 Å². The van der Waals surface area contributed by atoms with Crippen molar-refractivity contribution >= 4 is 16.9 Å². The summed E-state index contributed by atoms with van der Waals surface area (Å²) in [6, 6.07) is 25.4. The molecule has 4 aromatic rings. The molecule has 6 nitrogen and oxygen atoms in total. The molecule has 210 valence electrons. The van der Waals surface area contributed by atoms with Crippen molar-refractivity contribution in [2.45, 2.75) is 39.2 Å². The van der Waals surface area contributed by atoms with Gasteiger partial charge in [0.2, 0.25) is 5.91 Å². The van der Waals surface area contributed by atoms with Crippen molar-refractivity contribution in [3.8, 4) is 28.0 Å². The van der Waals surface area contributed by atoms with E-state index in [4.69, 9.17) is 9.15 Å². The zero-order valence-corrected chi connectivity index (χ0v) is 23.8. The van der Waals surface area contributed by atoms with E-state index in [2.05, 4.69) is 69.7 Å². The highest BCUT2D eigenvalue weighted by Gasteiger charge is 2.18. The van der Waals surface area contributed by atoms with Crippen molar-refractivity contribution in [3.05, 3.63) is 79.1 Å². The molecule has 1 N–H and O–H groups in total. The van der Waals surface area contributed by atoms with E-state index in [1.165, 1.54) is 17.5 Å². The highest BCUT2D eigenvalue weighted by Crippen LogP contribution is 2.34. The van der Waals surface area contributed by atoms with E-state index in [-0.39, 0.29) is 11.9 Å². The zero-order chi connectivity index (χ0) is 27.7. The average Bonchev–Trinajstić information content (AvgIpc) is 3.39. The van der Waals surface area contributed by atoms with Crippen LogP contribution < -0.4 is 10.1 Å². The number of hydrogen-bond acceptors (Lipinski definition) is 5. The molecule has 6 heteroatoms. The van der Waals surface area contributed by atoms with E-state index in [1.54, 1.807) is 0 Å². The molecule has 1 saturated heterocycles. The van der Waals surface area contributed by atoms with Gasteiger partial charge in [0.05, 0.1) is 19.4 Å². The van der Waals surface area contributed by atoms with Gasteiger partial charge in [-0.25, -0.2) is 0 Å². The summed E-state index contributed by atoms with van der Waals surface area (Å²) in [5.41, 5.74) is 5.51. The van der Waals surface area contributed by atoms with Crippen molar-refractivity contribution in [2.75, 3.05) is 45.9 Å². The fourth-order valence-electron chi connectivity index (χ4n) is 5.34. The van der Waals surface area contributed by atoms with Gasteiger partial charge in [-0.1, -0.05) is 54.6 Å². The van der Waals surface area contributed by atoms with E-state index in [0.29, 0.717) is 13.2 Å². The molecule has 3 aromatic carbocycles. The number of carbonyl (C=O) groups excluding carboxylic acids is 1. The Bertz CT molecular complexity index is 1360. The van der Waals surface area contributed by atoms with Crippen LogP contribution in [0.2, 0.25) is 0 Å². The molecule has 2 heterocycles. The van der Waals surface area contributed by atoms with E-state index in [9.17, 15) is 4.79 Å². The number of nitrogens with zero attached hydrogens (tertiary/aromatic N) is 2. The molecule has 1 aromatic heterocycles. The first kappa shape index (κ1) is 27.9. The van der Waals surface area contributed by atoms with Crippen molar-refractivity contribution in [2.24, 2.45) is 0 Å². The fraction of sp³-hybridized carbons (Fsp3) is 0.382. The lowest BCUT2D eigenvalue weighted by Crippen LogP contribution is -2.50. The van der Waals surface area contributed by atoms with Crippen LogP contribution in [-0.4, -0.2) is 67.6 Å². The van der Waals surface area contributed by atoms with Crippen LogP contribution in [0.15, 0.2) is 83.5 Å². The zero-order valence-electron chi connectivity index (χ0n) is 23.8. The third kappa shape index (κ3) is 7.52. The predicted molar refractivity (Wildman–Crippen MR) is 163 cm³/mol. The van der Waals surface area contributed by atoms with Crippen molar-refractivity contribution in [1.82, 2.24) is 15.1 Å². The highest BCUT2D eigenvalue weighted by molar-refractivity contribution is 5.94. The molecule has 1 aliphatic heterocycles. The van der Waals surface area contributed by atoms with Crippen LogP contribution in [0.5, 0.6) is 5.75 Å². The topological polar surface area (TPSA) is 58.0 Å². The molecule has 0 atom stereocenters. The summed E-state index contributed by atoms with van der Waals surface area (Å²) in [7, 11) is 0. The summed E-state index contributed by atoms with van der Waals surface area (Å²) < 4.78 is 12.0. The van der Waals surface area contributed by atoms with Crippen LogP contribution in [0.4, 0.5) is 0 Å². The predicted octanol–water partition coefficient (Wildman–Crippen LogP) is 6.46. The smallest absolute Gasteiger partial charge is 0.234 e. The second kappa shape index (κ2) is 13.6. The molecule has 0 bridgehead atoms. The van der Waals surface area contributed by atoms with Crippen LogP contribution in [0, 0.1) is 0 Å². The lowest BCUT2D eigenvalue weighted by molar-refractivity contribution is -0.123. The lowest BCUT2D eigenvalue weighted by atomic mass is 10.00. The van der Waals surface area contributed by atoms with Gasteiger partial charge in [-0.05, 0) is 68.5 Å². The first-order chi connectivity index (χ1) is 19.5. The Balaban J connectivity index is 1.02. The Morgan fingerprint density at radius 3 is 2.30 bits per heavy atom. The minimum absolute atomic E-state index is 0.129. The van der Waals surface area contributed by atoms with E-state index in [1.807, 2.05) is 38.3 Å². The van der Waals surface area contributed by atoms with Gasteiger partial charge in [0.25, 0.3) is 0 Å². The quantitative estimate of drug-likeness (QED) is 0.210. The van der Waals surface area contributed by atoms with Gasteiger partial charge < -0.3 is 19.4 Å². The van der Waals surface area contributed by atoms with Gasteiger partial charge >= 0.3 is 0 Å². The molecule has 40 heavy (non-hydrogen) atoms. The molecule has 0 spiro atoms. The van der Waals surface area contributed by atoms with Gasteiger partial charge in [0.15, 0.2) is 0 Å². The third-order valence-electron chi connectivity index (χ3n) is 7.52. The summed E-state index contributed by atoms with van der Waals surface area (Å²) in [6.07, 6.45) is 5.18. The second-order valence-corrected chi connectivity index (χ2v) is 11.0. The number of carbonyl (C=O) groups is 1. The Kier molecular flexibility index (Phi) is 9.53. The van der Waals surface area contributed by atoms with Crippen LogP contribution in [0.3, 0.4) is 0 Å². The van der Waals surface area contributed by atoms with Gasteiger partial charge in [-0.15, -0.1) is 0 Å². The normalized spacial score (nSPS) is 14.6. The van der Waals surface area contributed by atoms with Crippen molar-refractivity contribution in [3.63, 3.8) is 0 Å². The molecular formula is C34H41N3O3. The molecule has 1 fully saturated rings. The molecule has 0 saturated carbocycles. The largest absolute Gasteiger partial charge is 0.493 e. The maximum atomic E-state index is 12.0. The number of ether oxygens (including phenoxy) is 1. The van der Waals surface area contributed by atoms with E-state index >= 15 is 0 Å². The Labute approximate surface area is 237 Å². The maximum Gasteiger partial charge on any atom is 0.234 e. The standard InChI is InChI=1S/C34H41N3O3/c1-26(2)35-34(38)24-37-20-18-36(19-21-37)17-7-4-8-22-39-30-15-16-31-32(25-40-33(31)23-30)29-13-11-28(12-14-29)27-9-5-3-6-10-27/h3,5-6,9-16,23,25-26H,4,7-8,17-22,24H2,1-2H3,(H,35,38). The number of nitrogens with one attached hydrogen (secondary N) is 1. The molecular weight excluding hydrogens is 498 g/mol. The summed E-state index contributed by atoms with van der Waals surface area (Å²) >= 11 is 0. The number of hydrogen-bond donors (Lipinski definition) is 1. The molecule has 1 amide bonds. The van der Waals surface area contributed by atoms with Crippen molar-refractivity contribution in [1.29, 1.82) is 0 Å². The van der Waals surface area contributed by atoms with Crippen molar-refractivity contribution < 1.29 is 13.9 Å². The first-order valence-electron chi connectivity index (χ1n) is 14.6. The highest BCUT2D eigenvalue weighted by atomic mass is 16.5. The van der Waals surface area contributed by atoms with Crippen LogP contribution >= 0.6 is 0 Å². The SMILES string of the molecule is CC(C)NC(=O)CN1CCN(CCCCCOc2ccc3c(-c4ccc(-c5ccccc5)cc4)coc3c2)CC1. The Morgan fingerprint density at radius 2 is 1.55 bits per heavy atom. The number of amides is 1. The first-order valence-corrected chi connectivity index (χ1v) is 14.6. The lowest BCUT2D eigenvalue weighted by Gasteiger charge is -2.34. The van der Waals surface area contributed by atoms with Crippen LogP contribution in [0.1, 0.15) is 33.1 Å². The molecule has 1 aliphatic rings. The number of furan rings is 1. The molecule has 0 unspecified atom stereocenters. The summed E-state index contributed by atoms with van der Waals surface area (Å²) in [5, 5.41) is 4.08. The maximum absolute atomic E-state index is 12.0.